The molecule has 0 fully saturated rings. The van der Waals surface area contributed by atoms with Crippen molar-refractivity contribution in [2.24, 2.45) is 0 Å². The summed E-state index contributed by atoms with van der Waals surface area (Å²) in [7, 11) is 0. The Kier molecular flexibility index (Phi) is 7.51. The molecule has 3 N–H and O–H groups in total. The highest BCUT2D eigenvalue weighted by molar-refractivity contribution is 8.00. The van der Waals surface area contributed by atoms with Crippen molar-refractivity contribution in [2.75, 3.05) is 5.32 Å². The average Bonchev–Trinajstić information content (AvgIpc) is 3.15. The van der Waals surface area contributed by atoms with Crippen molar-refractivity contribution in [3.8, 4) is 0 Å². The molecule has 0 radical (unpaired) electrons. The maximum atomic E-state index is 13.4. The fraction of sp³-hybridized carbons (Fsp3) is 0.240. The van der Waals surface area contributed by atoms with Gasteiger partial charge in [-0.25, -0.2) is 8.78 Å². The Bertz CT molecular complexity index is 1260. The number of carbonyl (C=O) groups is 3. The topological polar surface area (TPSA) is 87.3 Å². The lowest BCUT2D eigenvalue weighted by molar-refractivity contribution is -0.130. The first-order valence-electron chi connectivity index (χ1n) is 10.9. The number of benzene rings is 2. The van der Waals surface area contributed by atoms with Crippen molar-refractivity contribution in [1.82, 2.24) is 10.6 Å². The van der Waals surface area contributed by atoms with Gasteiger partial charge in [0.1, 0.15) is 23.7 Å². The second-order valence-corrected chi connectivity index (χ2v) is 10.4. The van der Waals surface area contributed by atoms with Gasteiger partial charge in [-0.05, 0) is 60.7 Å². The van der Waals surface area contributed by atoms with Gasteiger partial charge in [0.15, 0.2) is 0 Å². The van der Waals surface area contributed by atoms with Gasteiger partial charge in [-0.3, -0.25) is 14.4 Å². The van der Waals surface area contributed by atoms with E-state index in [-0.39, 0.29) is 23.1 Å². The number of carbonyl (C=O) groups excluding carboxylic acids is 3. The summed E-state index contributed by atoms with van der Waals surface area (Å²) in [5.41, 5.74) is 1.84. The van der Waals surface area contributed by atoms with Crippen LogP contribution in [0.25, 0.3) is 0 Å². The Balaban J connectivity index is 1.49. The fourth-order valence-electron chi connectivity index (χ4n) is 3.78. The molecule has 6 nitrogen and oxygen atoms in total. The highest BCUT2D eigenvalue weighted by atomic mass is 32.2. The molecule has 3 amide bonds. The first-order chi connectivity index (χ1) is 16.7. The van der Waals surface area contributed by atoms with Gasteiger partial charge in [-0.2, -0.15) is 0 Å². The minimum absolute atomic E-state index is 0.151. The molecule has 182 valence electrons. The van der Waals surface area contributed by atoms with Gasteiger partial charge in [0.25, 0.3) is 0 Å². The maximum absolute atomic E-state index is 13.4. The molecule has 1 aromatic heterocycles. The van der Waals surface area contributed by atoms with Crippen LogP contribution in [0.2, 0.25) is 0 Å². The number of hydrogen-bond donors (Lipinski definition) is 3. The molecule has 0 spiro atoms. The van der Waals surface area contributed by atoms with Crippen molar-refractivity contribution < 1.29 is 23.2 Å². The number of rotatable bonds is 6. The second kappa shape index (κ2) is 10.6. The monoisotopic (exact) mass is 515 g/mol. The number of halogens is 2. The van der Waals surface area contributed by atoms with Crippen LogP contribution in [0.5, 0.6) is 0 Å². The molecule has 2 aromatic carbocycles. The van der Waals surface area contributed by atoms with E-state index in [4.69, 9.17) is 0 Å². The molecule has 3 aromatic rings. The van der Waals surface area contributed by atoms with E-state index < -0.39 is 35.5 Å². The lowest BCUT2D eigenvalue weighted by Gasteiger charge is -2.25. The third kappa shape index (κ3) is 5.88. The molecular weight excluding hydrogens is 492 g/mol. The van der Waals surface area contributed by atoms with Gasteiger partial charge in [0.05, 0.1) is 17.4 Å². The van der Waals surface area contributed by atoms with Crippen LogP contribution in [0, 0.1) is 18.6 Å². The van der Waals surface area contributed by atoms with Crippen molar-refractivity contribution in [3.05, 3.63) is 81.5 Å². The smallest absolute Gasteiger partial charge is 0.248 e. The van der Waals surface area contributed by atoms with E-state index in [0.29, 0.717) is 5.69 Å². The highest BCUT2D eigenvalue weighted by Crippen LogP contribution is 2.46. The molecule has 0 saturated heterocycles. The van der Waals surface area contributed by atoms with E-state index in [9.17, 15) is 23.2 Å². The van der Waals surface area contributed by atoms with Crippen molar-refractivity contribution in [2.45, 2.75) is 42.5 Å². The molecule has 0 saturated carbocycles. The van der Waals surface area contributed by atoms with E-state index in [1.807, 2.05) is 36.6 Å². The minimum atomic E-state index is -0.977. The summed E-state index contributed by atoms with van der Waals surface area (Å²) in [5.74, 6) is -3.05. The summed E-state index contributed by atoms with van der Waals surface area (Å²) in [6.07, 6.45) is -0.293. The molecule has 10 heteroatoms. The third-order valence-electron chi connectivity index (χ3n) is 5.50. The number of aryl methyl sites for hydroxylation is 1. The number of para-hydroxylation sites is 1. The molecule has 0 unspecified atom stereocenters. The molecule has 2 heterocycles. The molecule has 0 bridgehead atoms. The third-order valence-corrected chi connectivity index (χ3v) is 8.12. The van der Waals surface area contributed by atoms with Crippen LogP contribution in [0.15, 0.2) is 58.8 Å². The van der Waals surface area contributed by atoms with Crippen molar-refractivity contribution in [1.29, 1.82) is 0 Å². The standard InChI is InChI=1S/C25H23F2N3O3S2/c1-13-7-8-34-22(13)23-21(25(33)29-18-5-3-4-6-19(18)35-23)30-24(32)14(2)28-20(31)11-15-9-16(26)12-17(27)10-15/h3-10,12,14,21,23H,11H2,1-2H3,(H,28,31)(H,29,33)(H,30,32)/t14-,21-,23-/m0/s1. The van der Waals surface area contributed by atoms with E-state index >= 15 is 0 Å². The van der Waals surface area contributed by atoms with Crippen LogP contribution in [0.1, 0.15) is 28.2 Å². The van der Waals surface area contributed by atoms with E-state index in [1.54, 1.807) is 6.07 Å². The average molecular weight is 516 g/mol. The van der Waals surface area contributed by atoms with E-state index in [0.717, 1.165) is 33.5 Å². The molecule has 1 aliphatic rings. The normalized spacial score (nSPS) is 18.1. The maximum Gasteiger partial charge on any atom is 0.248 e. The van der Waals surface area contributed by atoms with Gasteiger partial charge >= 0.3 is 0 Å². The van der Waals surface area contributed by atoms with Crippen LogP contribution in [0.3, 0.4) is 0 Å². The lowest BCUT2D eigenvalue weighted by Crippen LogP contribution is -2.53. The van der Waals surface area contributed by atoms with Crippen LogP contribution in [-0.4, -0.2) is 29.8 Å². The van der Waals surface area contributed by atoms with E-state index in [2.05, 4.69) is 16.0 Å². The number of thiophene rings is 1. The van der Waals surface area contributed by atoms with Gasteiger partial charge in [0.2, 0.25) is 17.7 Å². The van der Waals surface area contributed by atoms with Gasteiger partial charge in [0, 0.05) is 15.8 Å². The molecule has 1 aliphatic heterocycles. The quantitative estimate of drug-likeness (QED) is 0.456. The lowest BCUT2D eigenvalue weighted by atomic mass is 10.1. The molecule has 0 aliphatic carbocycles. The van der Waals surface area contributed by atoms with Gasteiger partial charge in [-0.1, -0.05) is 12.1 Å². The van der Waals surface area contributed by atoms with Crippen LogP contribution < -0.4 is 16.0 Å². The predicted molar refractivity (Wildman–Crippen MR) is 132 cm³/mol. The number of thioether (sulfide) groups is 1. The Hall–Kier alpha value is -3.24. The largest absolute Gasteiger partial charge is 0.344 e. The summed E-state index contributed by atoms with van der Waals surface area (Å²) < 4.78 is 26.8. The van der Waals surface area contributed by atoms with Crippen LogP contribution >= 0.6 is 23.1 Å². The van der Waals surface area contributed by atoms with E-state index in [1.165, 1.54) is 30.0 Å². The number of nitrogens with one attached hydrogen (secondary N) is 3. The zero-order valence-corrected chi connectivity index (χ0v) is 20.6. The SMILES string of the molecule is Cc1ccsc1[C@H]1Sc2ccccc2NC(=O)[C@H]1NC(=O)[C@H](C)NC(=O)Cc1cc(F)cc(F)c1. The second-order valence-electron chi connectivity index (χ2n) is 8.22. The molecule has 35 heavy (non-hydrogen) atoms. The van der Waals surface area contributed by atoms with Crippen molar-refractivity contribution in [3.63, 3.8) is 0 Å². The number of hydrogen-bond acceptors (Lipinski definition) is 5. The van der Waals surface area contributed by atoms with Crippen LogP contribution in [0.4, 0.5) is 14.5 Å². The number of fused-ring (bicyclic) bond motifs is 1. The summed E-state index contributed by atoms with van der Waals surface area (Å²) in [5, 5.41) is 9.78. The van der Waals surface area contributed by atoms with Gasteiger partial charge in [-0.15, -0.1) is 23.1 Å². The molecule has 4 rings (SSSR count). The first-order valence-corrected chi connectivity index (χ1v) is 12.6. The predicted octanol–water partition coefficient (Wildman–Crippen LogP) is 4.35. The Morgan fingerprint density at radius 2 is 1.83 bits per heavy atom. The summed E-state index contributed by atoms with van der Waals surface area (Å²) in [6.45, 7) is 3.44. The first kappa shape index (κ1) is 24.9. The van der Waals surface area contributed by atoms with Crippen LogP contribution in [-0.2, 0) is 20.8 Å². The molecule has 3 atom stereocenters. The number of anilines is 1. The Labute approximate surface area is 209 Å². The molecular formula is C25H23F2N3O3S2. The summed E-state index contributed by atoms with van der Waals surface area (Å²) in [6, 6.07) is 10.4. The van der Waals surface area contributed by atoms with Crippen molar-refractivity contribution >= 4 is 46.5 Å². The summed E-state index contributed by atoms with van der Waals surface area (Å²) >= 11 is 3.00. The van der Waals surface area contributed by atoms with Gasteiger partial charge < -0.3 is 16.0 Å². The summed E-state index contributed by atoms with van der Waals surface area (Å²) in [4.78, 5) is 40.4. The Morgan fingerprint density at radius 3 is 2.51 bits per heavy atom. The minimum Gasteiger partial charge on any atom is -0.344 e. The number of amides is 3. The Morgan fingerprint density at radius 1 is 1.11 bits per heavy atom. The fourth-order valence-corrected chi connectivity index (χ4v) is 6.33. The zero-order valence-electron chi connectivity index (χ0n) is 18.9. The highest BCUT2D eigenvalue weighted by Gasteiger charge is 2.37. The zero-order chi connectivity index (χ0) is 25.1.